The third kappa shape index (κ3) is 3.32. The highest BCUT2D eigenvalue weighted by molar-refractivity contribution is 9.10. The average molecular weight is 403 g/mol. The summed E-state index contributed by atoms with van der Waals surface area (Å²) in [4.78, 5) is 21.9. The number of urea groups is 1. The molecule has 0 unspecified atom stereocenters. The molecule has 2 heterocycles. The van der Waals surface area contributed by atoms with E-state index in [0.29, 0.717) is 12.4 Å². The standard InChI is InChI=1S/C17H15BrN4OS/c1-2-22(17(19)23)15-8-12(13(18)9-20-15)16-21-14(10-24-16)11-6-4-3-5-7-11/h3-10H,2H2,1H3,(H2,19,23). The van der Waals surface area contributed by atoms with E-state index < -0.39 is 6.03 Å². The van der Waals surface area contributed by atoms with Crippen molar-refractivity contribution in [2.75, 3.05) is 11.4 Å². The van der Waals surface area contributed by atoms with Crippen molar-refractivity contribution in [1.29, 1.82) is 0 Å². The fraction of sp³-hybridized carbons (Fsp3) is 0.118. The molecule has 3 rings (SSSR count). The maximum absolute atomic E-state index is 11.5. The van der Waals surface area contributed by atoms with Crippen LogP contribution in [-0.4, -0.2) is 22.5 Å². The van der Waals surface area contributed by atoms with Crippen LogP contribution in [0.1, 0.15) is 6.92 Å². The van der Waals surface area contributed by atoms with Gasteiger partial charge in [-0.05, 0) is 28.9 Å². The molecule has 0 saturated heterocycles. The molecular weight excluding hydrogens is 388 g/mol. The summed E-state index contributed by atoms with van der Waals surface area (Å²) in [5.41, 5.74) is 8.28. The normalized spacial score (nSPS) is 10.6. The van der Waals surface area contributed by atoms with Gasteiger partial charge in [-0.3, -0.25) is 4.90 Å². The van der Waals surface area contributed by atoms with Crippen molar-refractivity contribution in [3.63, 3.8) is 0 Å². The summed E-state index contributed by atoms with van der Waals surface area (Å²) in [6.07, 6.45) is 1.67. The summed E-state index contributed by atoms with van der Waals surface area (Å²) < 4.78 is 0.820. The van der Waals surface area contributed by atoms with Crippen molar-refractivity contribution in [2.24, 2.45) is 5.73 Å². The number of anilines is 1. The Kier molecular flexibility index (Phi) is 4.92. The van der Waals surface area contributed by atoms with Crippen LogP contribution in [0.3, 0.4) is 0 Å². The van der Waals surface area contributed by atoms with Gasteiger partial charge in [-0.1, -0.05) is 30.3 Å². The van der Waals surface area contributed by atoms with E-state index in [4.69, 9.17) is 10.7 Å². The first-order valence-electron chi connectivity index (χ1n) is 7.34. The summed E-state index contributed by atoms with van der Waals surface area (Å²) in [5, 5.41) is 2.87. The summed E-state index contributed by atoms with van der Waals surface area (Å²) in [5.74, 6) is 0.514. The maximum atomic E-state index is 11.5. The molecule has 0 aliphatic rings. The molecule has 0 bridgehead atoms. The highest BCUT2D eigenvalue weighted by Gasteiger charge is 2.16. The molecule has 0 fully saturated rings. The third-order valence-electron chi connectivity index (χ3n) is 3.50. The Balaban J connectivity index is 2.01. The molecule has 1 aromatic carbocycles. The molecule has 0 atom stereocenters. The van der Waals surface area contributed by atoms with E-state index in [2.05, 4.69) is 20.9 Å². The van der Waals surface area contributed by atoms with Crippen LogP contribution < -0.4 is 10.6 Å². The van der Waals surface area contributed by atoms with Crippen LogP contribution in [0.25, 0.3) is 21.8 Å². The van der Waals surface area contributed by atoms with Gasteiger partial charge in [0.1, 0.15) is 10.8 Å². The number of hydrogen-bond donors (Lipinski definition) is 1. The number of thiazole rings is 1. The van der Waals surface area contributed by atoms with Gasteiger partial charge >= 0.3 is 6.03 Å². The smallest absolute Gasteiger partial charge is 0.320 e. The Bertz CT molecular complexity index is 866. The number of hydrogen-bond acceptors (Lipinski definition) is 4. The average Bonchev–Trinajstić information content (AvgIpc) is 3.07. The van der Waals surface area contributed by atoms with Crippen molar-refractivity contribution in [2.45, 2.75) is 6.92 Å². The van der Waals surface area contributed by atoms with Crippen molar-refractivity contribution in [1.82, 2.24) is 9.97 Å². The number of aromatic nitrogens is 2. The molecule has 5 nitrogen and oxygen atoms in total. The summed E-state index contributed by atoms with van der Waals surface area (Å²) >= 11 is 5.05. The fourth-order valence-electron chi connectivity index (χ4n) is 2.31. The Labute approximate surface area is 152 Å². The van der Waals surface area contributed by atoms with E-state index in [1.165, 1.54) is 4.90 Å². The fourth-order valence-corrected chi connectivity index (χ4v) is 3.70. The van der Waals surface area contributed by atoms with E-state index in [9.17, 15) is 4.79 Å². The van der Waals surface area contributed by atoms with Crippen LogP contribution in [0.4, 0.5) is 10.6 Å². The van der Waals surface area contributed by atoms with E-state index in [0.717, 1.165) is 26.3 Å². The minimum absolute atomic E-state index is 0.455. The van der Waals surface area contributed by atoms with Gasteiger partial charge in [0, 0.05) is 33.7 Å². The zero-order valence-corrected chi connectivity index (χ0v) is 15.3. The van der Waals surface area contributed by atoms with Gasteiger partial charge in [0.05, 0.1) is 5.69 Å². The molecular formula is C17H15BrN4OS. The summed E-state index contributed by atoms with van der Waals surface area (Å²) in [7, 11) is 0. The van der Waals surface area contributed by atoms with Crippen molar-refractivity contribution in [3.8, 4) is 21.8 Å². The Hall–Kier alpha value is -2.25. The van der Waals surface area contributed by atoms with Crippen molar-refractivity contribution in [3.05, 3.63) is 52.4 Å². The molecule has 122 valence electrons. The minimum atomic E-state index is -0.526. The SMILES string of the molecule is CCN(C(N)=O)c1cc(-c2nc(-c3ccccc3)cs2)c(Br)cn1. The van der Waals surface area contributed by atoms with Gasteiger partial charge in [0.15, 0.2) is 0 Å². The number of halogens is 1. The zero-order chi connectivity index (χ0) is 17.1. The number of nitrogens with two attached hydrogens (primary N) is 1. The van der Waals surface area contributed by atoms with Gasteiger partial charge in [-0.25, -0.2) is 14.8 Å². The quantitative estimate of drug-likeness (QED) is 0.695. The predicted molar refractivity (Wildman–Crippen MR) is 101 cm³/mol. The topological polar surface area (TPSA) is 72.1 Å². The molecule has 24 heavy (non-hydrogen) atoms. The number of carbonyl (C=O) groups is 1. The van der Waals surface area contributed by atoms with Gasteiger partial charge in [-0.15, -0.1) is 11.3 Å². The van der Waals surface area contributed by atoms with Gasteiger partial charge in [0.25, 0.3) is 0 Å². The van der Waals surface area contributed by atoms with Gasteiger partial charge < -0.3 is 5.73 Å². The lowest BCUT2D eigenvalue weighted by Crippen LogP contribution is -2.36. The maximum Gasteiger partial charge on any atom is 0.320 e. The molecule has 2 aromatic heterocycles. The van der Waals surface area contributed by atoms with Crippen LogP contribution in [0.15, 0.2) is 52.4 Å². The summed E-state index contributed by atoms with van der Waals surface area (Å²) in [6, 6.07) is 11.3. The number of benzene rings is 1. The zero-order valence-electron chi connectivity index (χ0n) is 12.9. The Morgan fingerprint density at radius 2 is 2.08 bits per heavy atom. The molecule has 0 saturated carbocycles. The van der Waals surface area contributed by atoms with Crippen LogP contribution in [0.2, 0.25) is 0 Å². The van der Waals surface area contributed by atoms with Crippen LogP contribution >= 0.6 is 27.3 Å². The number of rotatable bonds is 4. The van der Waals surface area contributed by atoms with Crippen molar-refractivity contribution >= 4 is 39.1 Å². The first kappa shape index (κ1) is 16.6. The minimum Gasteiger partial charge on any atom is -0.351 e. The Morgan fingerprint density at radius 3 is 2.75 bits per heavy atom. The van der Waals surface area contributed by atoms with Crippen LogP contribution in [-0.2, 0) is 0 Å². The third-order valence-corrected chi connectivity index (χ3v) is 5.01. The van der Waals surface area contributed by atoms with E-state index in [1.807, 2.05) is 48.7 Å². The van der Waals surface area contributed by atoms with Gasteiger partial charge in [0.2, 0.25) is 0 Å². The molecule has 2 N–H and O–H groups in total. The molecule has 0 aliphatic heterocycles. The van der Waals surface area contributed by atoms with E-state index >= 15 is 0 Å². The lowest BCUT2D eigenvalue weighted by Gasteiger charge is -2.17. The molecule has 3 aromatic rings. The van der Waals surface area contributed by atoms with E-state index in [1.54, 1.807) is 17.5 Å². The Morgan fingerprint density at radius 1 is 1.33 bits per heavy atom. The first-order chi connectivity index (χ1) is 11.6. The largest absolute Gasteiger partial charge is 0.351 e. The highest BCUT2D eigenvalue weighted by Crippen LogP contribution is 2.34. The molecule has 0 spiro atoms. The van der Waals surface area contributed by atoms with Gasteiger partial charge in [-0.2, -0.15) is 0 Å². The highest BCUT2D eigenvalue weighted by atomic mass is 79.9. The second-order valence-corrected chi connectivity index (χ2v) is 6.72. The van der Waals surface area contributed by atoms with Crippen LogP contribution in [0, 0.1) is 0 Å². The lowest BCUT2D eigenvalue weighted by atomic mass is 10.2. The molecule has 2 amide bonds. The molecule has 0 radical (unpaired) electrons. The second kappa shape index (κ2) is 7.11. The number of pyridine rings is 1. The lowest BCUT2D eigenvalue weighted by molar-refractivity contribution is 0.254. The van der Waals surface area contributed by atoms with Crippen molar-refractivity contribution < 1.29 is 4.79 Å². The first-order valence-corrected chi connectivity index (χ1v) is 9.01. The monoisotopic (exact) mass is 402 g/mol. The number of amides is 2. The number of carbonyl (C=O) groups excluding carboxylic acids is 1. The van der Waals surface area contributed by atoms with Crippen LogP contribution in [0.5, 0.6) is 0 Å². The second-order valence-electron chi connectivity index (χ2n) is 5.01. The molecule has 0 aliphatic carbocycles. The number of nitrogens with zero attached hydrogens (tertiary/aromatic N) is 3. The predicted octanol–water partition coefficient (Wildman–Crippen LogP) is 4.54. The number of primary amides is 1. The summed E-state index contributed by atoms with van der Waals surface area (Å²) in [6.45, 7) is 2.31. The van der Waals surface area contributed by atoms with E-state index in [-0.39, 0.29) is 0 Å². The molecule has 7 heteroatoms.